The first-order chi connectivity index (χ1) is 19.4. The molecule has 0 saturated carbocycles. The molecule has 7 nitrogen and oxygen atoms in total. The number of aromatic nitrogens is 1. The molecule has 1 aromatic heterocycles. The van der Waals surface area contributed by atoms with Gasteiger partial charge in [-0.15, -0.1) is 0 Å². The zero-order valence-corrected chi connectivity index (χ0v) is 24.5. The van der Waals surface area contributed by atoms with E-state index >= 15 is 0 Å². The number of para-hydroxylation sites is 1. The highest BCUT2D eigenvalue weighted by atomic mass is 35.5. The second-order valence-corrected chi connectivity index (χ2v) is 11.4. The first-order valence-corrected chi connectivity index (χ1v) is 15.0. The summed E-state index contributed by atoms with van der Waals surface area (Å²) in [6.45, 7) is 6.45. The van der Waals surface area contributed by atoms with Gasteiger partial charge in [0.25, 0.3) is 11.5 Å². The minimum absolute atomic E-state index is 0.175. The molecule has 0 saturated heterocycles. The van der Waals surface area contributed by atoms with Crippen molar-refractivity contribution in [2.75, 3.05) is 18.1 Å². The molecule has 208 valence electrons. The summed E-state index contributed by atoms with van der Waals surface area (Å²) >= 11 is 7.34. The first kappa shape index (κ1) is 28.1. The lowest BCUT2D eigenvalue weighted by molar-refractivity contribution is -0.139. The van der Waals surface area contributed by atoms with Gasteiger partial charge in [-0.05, 0) is 44.0 Å². The van der Waals surface area contributed by atoms with Crippen molar-refractivity contribution >= 4 is 46.1 Å². The molecule has 2 aromatic carbocycles. The Balaban J connectivity index is 1.67. The van der Waals surface area contributed by atoms with E-state index in [1.807, 2.05) is 24.3 Å². The maximum Gasteiger partial charge on any atom is 0.338 e. The van der Waals surface area contributed by atoms with Crippen LogP contribution in [0.2, 0.25) is 5.02 Å². The Morgan fingerprint density at radius 1 is 1.02 bits per heavy atom. The second-order valence-electron chi connectivity index (χ2n) is 9.94. The van der Waals surface area contributed by atoms with Crippen LogP contribution >= 0.6 is 22.9 Å². The average molecular weight is 578 g/mol. The number of ether oxygens (including phenoxy) is 1. The predicted molar refractivity (Wildman–Crippen MR) is 158 cm³/mol. The van der Waals surface area contributed by atoms with Crippen LogP contribution < -0.4 is 19.8 Å². The Morgan fingerprint density at radius 3 is 2.48 bits per heavy atom. The van der Waals surface area contributed by atoms with Gasteiger partial charge < -0.3 is 9.64 Å². The lowest BCUT2D eigenvalue weighted by atomic mass is 9.96. The molecule has 9 heteroatoms. The number of unbranched alkanes of at least 4 members (excludes halogenated alkanes) is 4. The van der Waals surface area contributed by atoms with Crippen molar-refractivity contribution in [1.29, 1.82) is 0 Å². The van der Waals surface area contributed by atoms with Crippen LogP contribution in [0.3, 0.4) is 0 Å². The molecular formula is C31H32ClN3O4S. The molecular weight excluding hydrogens is 546 g/mol. The average Bonchev–Trinajstić information content (AvgIpc) is 3.40. The number of nitrogens with zero attached hydrogens (tertiary/aromatic N) is 3. The van der Waals surface area contributed by atoms with Crippen LogP contribution in [0.25, 0.3) is 5.57 Å². The summed E-state index contributed by atoms with van der Waals surface area (Å²) in [7, 11) is 0. The van der Waals surface area contributed by atoms with E-state index in [0.717, 1.165) is 36.9 Å². The van der Waals surface area contributed by atoms with Crippen LogP contribution in [0.4, 0.5) is 5.69 Å². The molecule has 2 aliphatic heterocycles. The van der Waals surface area contributed by atoms with Crippen molar-refractivity contribution in [2.45, 2.75) is 58.9 Å². The largest absolute Gasteiger partial charge is 0.463 e. The molecule has 1 atom stereocenters. The highest BCUT2D eigenvalue weighted by Gasteiger charge is 2.37. The van der Waals surface area contributed by atoms with Crippen LogP contribution in [-0.4, -0.2) is 29.6 Å². The third-order valence-corrected chi connectivity index (χ3v) is 8.62. The van der Waals surface area contributed by atoms with E-state index in [9.17, 15) is 14.4 Å². The number of thiazole rings is 1. The summed E-state index contributed by atoms with van der Waals surface area (Å²) in [6.07, 6.45) is 5.42. The zero-order chi connectivity index (χ0) is 28.4. The quantitative estimate of drug-likeness (QED) is 0.260. The lowest BCUT2D eigenvalue weighted by Gasteiger charge is -2.24. The van der Waals surface area contributed by atoms with Gasteiger partial charge >= 0.3 is 5.97 Å². The number of rotatable bonds is 9. The van der Waals surface area contributed by atoms with Crippen molar-refractivity contribution in [3.63, 3.8) is 0 Å². The monoisotopic (exact) mass is 577 g/mol. The Bertz CT molecular complexity index is 1670. The number of fused-ring (bicyclic) bond motifs is 2. The molecule has 0 spiro atoms. The van der Waals surface area contributed by atoms with Crippen molar-refractivity contribution < 1.29 is 14.3 Å². The minimum Gasteiger partial charge on any atom is -0.463 e. The van der Waals surface area contributed by atoms with E-state index in [1.165, 1.54) is 22.3 Å². The fraction of sp³-hybridized carbons (Fsp3) is 0.355. The molecule has 2 aliphatic rings. The predicted octanol–water partition coefficient (Wildman–Crippen LogP) is 5.14. The molecule has 1 unspecified atom stereocenters. The zero-order valence-electron chi connectivity index (χ0n) is 22.9. The van der Waals surface area contributed by atoms with E-state index in [2.05, 4.69) is 11.9 Å². The number of allylic oxidation sites excluding steroid dienone is 1. The molecule has 1 amide bonds. The summed E-state index contributed by atoms with van der Waals surface area (Å²) in [5.41, 5.74) is 3.06. The number of carbonyl (C=O) groups excluding carboxylic acids is 2. The van der Waals surface area contributed by atoms with Crippen molar-refractivity contribution in [2.24, 2.45) is 4.99 Å². The number of esters is 1. The van der Waals surface area contributed by atoms with E-state index in [0.29, 0.717) is 43.3 Å². The van der Waals surface area contributed by atoms with Crippen molar-refractivity contribution in [3.8, 4) is 0 Å². The topological polar surface area (TPSA) is 81.0 Å². The fourth-order valence-corrected chi connectivity index (χ4v) is 6.66. The standard InChI is InChI=1S/C31H32ClN3O4S/c1-4-6-7-8-11-18-34-23-13-10-9-12-22(23)25(28(34)36)27-29(37)35-26(20-14-16-21(32)17-15-20)24(30(38)39-5-2)19(3)33-31(35)40-27/h9-10,12-17,26H,4-8,11,18H2,1-3H3. The van der Waals surface area contributed by atoms with Gasteiger partial charge in [0.1, 0.15) is 4.53 Å². The van der Waals surface area contributed by atoms with Crippen LogP contribution in [0.1, 0.15) is 70.0 Å². The van der Waals surface area contributed by atoms with Gasteiger partial charge in [0.05, 0.1) is 35.2 Å². The SMILES string of the molecule is CCCCCCCN1C(=O)C(=c2sc3n(c2=O)C(c2ccc(Cl)cc2)C(C(=O)OCC)=C(C)N=3)c2ccccc21. The highest BCUT2D eigenvalue weighted by Crippen LogP contribution is 2.36. The molecule has 0 radical (unpaired) electrons. The molecule has 0 N–H and O–H groups in total. The van der Waals surface area contributed by atoms with Gasteiger partial charge in [-0.1, -0.05) is 85.9 Å². The van der Waals surface area contributed by atoms with Gasteiger partial charge in [0, 0.05) is 17.1 Å². The van der Waals surface area contributed by atoms with Crippen molar-refractivity contribution in [1.82, 2.24) is 4.57 Å². The highest BCUT2D eigenvalue weighted by molar-refractivity contribution is 7.07. The summed E-state index contributed by atoms with van der Waals surface area (Å²) < 4.78 is 7.20. The number of benzene rings is 2. The first-order valence-electron chi connectivity index (χ1n) is 13.8. The Morgan fingerprint density at radius 2 is 1.75 bits per heavy atom. The molecule has 0 fully saturated rings. The molecule has 5 rings (SSSR count). The third-order valence-electron chi connectivity index (χ3n) is 7.31. The lowest BCUT2D eigenvalue weighted by Crippen LogP contribution is -2.41. The normalized spacial score (nSPS) is 17.6. The summed E-state index contributed by atoms with van der Waals surface area (Å²) in [5.74, 6) is -0.704. The minimum atomic E-state index is -0.761. The Hall–Kier alpha value is -3.49. The Labute approximate surface area is 242 Å². The molecule has 0 bridgehead atoms. The number of hydrogen-bond donors (Lipinski definition) is 0. The Kier molecular flexibility index (Phi) is 8.38. The van der Waals surface area contributed by atoms with Crippen molar-refractivity contribution in [3.05, 3.63) is 95.6 Å². The van der Waals surface area contributed by atoms with Gasteiger partial charge in [-0.3, -0.25) is 14.2 Å². The van der Waals surface area contributed by atoms with Gasteiger partial charge in [0.15, 0.2) is 4.80 Å². The fourth-order valence-electron chi connectivity index (χ4n) is 5.40. The van der Waals surface area contributed by atoms with Crippen LogP contribution in [0.15, 0.2) is 69.6 Å². The summed E-state index contributed by atoms with van der Waals surface area (Å²) in [4.78, 5) is 48.1. The maximum absolute atomic E-state index is 14.2. The molecule has 3 aromatic rings. The smallest absolute Gasteiger partial charge is 0.338 e. The molecule has 3 heterocycles. The van der Waals surface area contributed by atoms with E-state index in [4.69, 9.17) is 16.3 Å². The van der Waals surface area contributed by atoms with E-state index in [-0.39, 0.29) is 18.1 Å². The van der Waals surface area contributed by atoms with E-state index in [1.54, 1.807) is 43.0 Å². The van der Waals surface area contributed by atoms with Gasteiger partial charge in [-0.2, -0.15) is 0 Å². The number of carbonyl (C=O) groups is 2. The number of halogens is 1. The van der Waals surface area contributed by atoms with Gasteiger partial charge in [-0.25, -0.2) is 9.79 Å². The van der Waals surface area contributed by atoms with Crippen LogP contribution in [0.5, 0.6) is 0 Å². The summed E-state index contributed by atoms with van der Waals surface area (Å²) in [6, 6.07) is 13.9. The summed E-state index contributed by atoms with van der Waals surface area (Å²) in [5, 5.41) is 0.541. The number of anilines is 1. The van der Waals surface area contributed by atoms with Gasteiger partial charge in [0.2, 0.25) is 0 Å². The van der Waals surface area contributed by atoms with E-state index < -0.39 is 12.0 Å². The maximum atomic E-state index is 14.2. The number of amides is 1. The second kappa shape index (κ2) is 11.9. The van der Waals surface area contributed by atoms with Crippen LogP contribution in [-0.2, 0) is 14.3 Å². The molecule has 0 aliphatic carbocycles. The number of hydrogen-bond acceptors (Lipinski definition) is 6. The molecule has 40 heavy (non-hydrogen) atoms. The van der Waals surface area contributed by atoms with Crippen LogP contribution in [0, 0.1) is 0 Å². The third kappa shape index (κ3) is 5.06.